The summed E-state index contributed by atoms with van der Waals surface area (Å²) in [4.78, 5) is 25.4. The number of hydrogen-bond donors (Lipinski definition) is 1. The Balaban J connectivity index is 2.12. The standard InChI is InChI=1S/C24H32O6Si/c1-24(2,3)31(4,5)30-21(23(27)29-17-19-14-10-7-11-15-19)20(25)22(26)28-16-18-12-8-6-9-13-18/h6-15,20-21,25H,16-17H2,1-5H3/t20-,21-/m0/s1. The number of hydrogen-bond acceptors (Lipinski definition) is 6. The fourth-order valence-corrected chi connectivity index (χ4v) is 3.70. The first-order valence-electron chi connectivity index (χ1n) is 10.3. The summed E-state index contributed by atoms with van der Waals surface area (Å²) in [5, 5.41) is 10.4. The Morgan fingerprint density at radius 1 is 0.839 bits per heavy atom. The second-order valence-corrected chi connectivity index (χ2v) is 13.7. The van der Waals surface area contributed by atoms with Crippen LogP contribution in [0.25, 0.3) is 0 Å². The maximum Gasteiger partial charge on any atom is 0.338 e. The van der Waals surface area contributed by atoms with Gasteiger partial charge in [0.2, 0.25) is 0 Å². The average molecular weight is 445 g/mol. The van der Waals surface area contributed by atoms with Gasteiger partial charge in [0.1, 0.15) is 13.2 Å². The topological polar surface area (TPSA) is 82.1 Å². The van der Waals surface area contributed by atoms with Gasteiger partial charge < -0.3 is 19.0 Å². The fourth-order valence-electron chi connectivity index (χ4n) is 2.48. The van der Waals surface area contributed by atoms with Crippen molar-refractivity contribution in [2.45, 2.75) is 64.3 Å². The Morgan fingerprint density at radius 2 is 1.26 bits per heavy atom. The monoisotopic (exact) mass is 444 g/mol. The van der Waals surface area contributed by atoms with E-state index in [0.29, 0.717) is 0 Å². The van der Waals surface area contributed by atoms with E-state index in [1.54, 1.807) is 12.1 Å². The lowest BCUT2D eigenvalue weighted by molar-refractivity contribution is -0.173. The van der Waals surface area contributed by atoms with Crippen LogP contribution >= 0.6 is 0 Å². The molecule has 0 aromatic heterocycles. The zero-order valence-corrected chi connectivity index (χ0v) is 19.8. The Labute approximate surface area is 185 Å². The van der Waals surface area contributed by atoms with E-state index in [1.165, 1.54) is 0 Å². The van der Waals surface area contributed by atoms with E-state index in [2.05, 4.69) is 0 Å². The largest absolute Gasteiger partial charge is 0.459 e. The van der Waals surface area contributed by atoms with E-state index in [9.17, 15) is 14.7 Å². The summed E-state index contributed by atoms with van der Waals surface area (Å²) in [5.41, 5.74) is 1.57. The van der Waals surface area contributed by atoms with Gasteiger partial charge in [0.25, 0.3) is 0 Å². The van der Waals surface area contributed by atoms with Gasteiger partial charge in [0.15, 0.2) is 20.5 Å². The van der Waals surface area contributed by atoms with Gasteiger partial charge >= 0.3 is 11.9 Å². The molecule has 2 aromatic carbocycles. The molecule has 0 radical (unpaired) electrons. The van der Waals surface area contributed by atoms with E-state index in [1.807, 2.05) is 82.4 Å². The van der Waals surface area contributed by atoms with Crippen molar-refractivity contribution in [1.29, 1.82) is 0 Å². The number of ether oxygens (including phenoxy) is 2. The predicted octanol–water partition coefficient (Wildman–Crippen LogP) is 4.22. The minimum atomic E-state index is -2.50. The molecule has 0 spiro atoms. The van der Waals surface area contributed by atoms with Crippen LogP contribution in [0.1, 0.15) is 31.9 Å². The highest BCUT2D eigenvalue weighted by molar-refractivity contribution is 6.74. The zero-order valence-electron chi connectivity index (χ0n) is 18.8. The van der Waals surface area contributed by atoms with Crippen LogP contribution in [-0.2, 0) is 36.7 Å². The van der Waals surface area contributed by atoms with Gasteiger partial charge in [-0.1, -0.05) is 81.4 Å². The highest BCUT2D eigenvalue weighted by Gasteiger charge is 2.45. The van der Waals surface area contributed by atoms with Crippen LogP contribution in [0.15, 0.2) is 60.7 Å². The van der Waals surface area contributed by atoms with Crippen molar-refractivity contribution < 1.29 is 28.6 Å². The minimum Gasteiger partial charge on any atom is -0.459 e. The lowest BCUT2D eigenvalue weighted by Crippen LogP contribution is -2.52. The molecule has 168 valence electrons. The summed E-state index contributed by atoms with van der Waals surface area (Å²) in [6, 6.07) is 18.3. The van der Waals surface area contributed by atoms with Crippen LogP contribution in [0.3, 0.4) is 0 Å². The Morgan fingerprint density at radius 3 is 1.68 bits per heavy atom. The van der Waals surface area contributed by atoms with Crippen molar-refractivity contribution in [3.05, 3.63) is 71.8 Å². The molecule has 0 saturated heterocycles. The molecule has 6 nitrogen and oxygen atoms in total. The molecule has 0 unspecified atom stereocenters. The molecule has 7 heteroatoms. The number of esters is 2. The summed E-state index contributed by atoms with van der Waals surface area (Å²) in [7, 11) is -2.50. The second-order valence-electron chi connectivity index (χ2n) is 8.93. The first-order chi connectivity index (χ1) is 14.5. The van der Waals surface area contributed by atoms with Crippen molar-refractivity contribution in [1.82, 2.24) is 0 Å². The fraction of sp³-hybridized carbons (Fsp3) is 0.417. The summed E-state index contributed by atoms with van der Waals surface area (Å²) in [6.07, 6.45) is -3.26. The van der Waals surface area contributed by atoms with Gasteiger partial charge in [0.05, 0.1) is 0 Å². The number of aliphatic hydroxyl groups is 1. The molecule has 0 aliphatic carbocycles. The lowest BCUT2D eigenvalue weighted by Gasteiger charge is -2.39. The van der Waals surface area contributed by atoms with Gasteiger partial charge in [0, 0.05) is 0 Å². The molecule has 2 aromatic rings. The molecule has 0 heterocycles. The van der Waals surface area contributed by atoms with Crippen LogP contribution in [0.2, 0.25) is 18.1 Å². The van der Waals surface area contributed by atoms with E-state index in [0.717, 1.165) is 11.1 Å². The van der Waals surface area contributed by atoms with E-state index in [-0.39, 0.29) is 18.3 Å². The zero-order chi connectivity index (χ0) is 23.1. The first-order valence-corrected chi connectivity index (χ1v) is 13.2. The van der Waals surface area contributed by atoms with Gasteiger partial charge in [-0.05, 0) is 29.3 Å². The van der Waals surface area contributed by atoms with Crippen molar-refractivity contribution in [3.8, 4) is 0 Å². The quantitative estimate of drug-likeness (QED) is 0.461. The van der Waals surface area contributed by atoms with Crippen LogP contribution in [-0.4, -0.2) is 37.6 Å². The smallest absolute Gasteiger partial charge is 0.338 e. The second kappa shape index (κ2) is 10.7. The third-order valence-corrected chi connectivity index (χ3v) is 9.89. The number of carbonyl (C=O) groups excluding carboxylic acids is 2. The molecular formula is C24H32O6Si. The maximum absolute atomic E-state index is 12.8. The maximum atomic E-state index is 12.8. The minimum absolute atomic E-state index is 0.0113. The summed E-state index contributed by atoms with van der Waals surface area (Å²) in [6.45, 7) is 9.90. The van der Waals surface area contributed by atoms with Gasteiger partial charge in [-0.15, -0.1) is 0 Å². The Bertz CT molecular complexity index is 845. The lowest BCUT2D eigenvalue weighted by atomic mass is 10.2. The highest BCUT2D eigenvalue weighted by atomic mass is 28.4. The van der Waals surface area contributed by atoms with Crippen molar-refractivity contribution >= 4 is 20.3 Å². The van der Waals surface area contributed by atoms with Crippen LogP contribution in [0.4, 0.5) is 0 Å². The van der Waals surface area contributed by atoms with E-state index in [4.69, 9.17) is 13.9 Å². The van der Waals surface area contributed by atoms with Crippen molar-refractivity contribution in [2.24, 2.45) is 0 Å². The average Bonchev–Trinajstić information content (AvgIpc) is 2.74. The van der Waals surface area contributed by atoms with Crippen molar-refractivity contribution in [2.75, 3.05) is 0 Å². The first kappa shape index (κ1) is 24.8. The number of rotatable bonds is 9. The highest BCUT2D eigenvalue weighted by Crippen LogP contribution is 2.38. The van der Waals surface area contributed by atoms with E-state index < -0.39 is 32.5 Å². The Kier molecular flexibility index (Phi) is 8.56. The third kappa shape index (κ3) is 7.31. The van der Waals surface area contributed by atoms with Crippen molar-refractivity contribution in [3.63, 3.8) is 0 Å². The molecule has 0 bridgehead atoms. The molecule has 1 N–H and O–H groups in total. The van der Waals surface area contributed by atoms with Crippen LogP contribution in [0, 0.1) is 0 Å². The van der Waals surface area contributed by atoms with Crippen LogP contribution in [0.5, 0.6) is 0 Å². The predicted molar refractivity (Wildman–Crippen MR) is 121 cm³/mol. The molecule has 2 rings (SSSR count). The van der Waals surface area contributed by atoms with Gasteiger partial charge in [-0.3, -0.25) is 0 Å². The molecule has 0 fully saturated rings. The molecule has 0 aliphatic rings. The molecule has 2 atom stereocenters. The molecule has 0 saturated carbocycles. The number of carbonyl (C=O) groups is 2. The summed E-state index contributed by atoms with van der Waals surface area (Å²) in [5.74, 6) is -1.72. The molecule has 31 heavy (non-hydrogen) atoms. The van der Waals surface area contributed by atoms with E-state index >= 15 is 0 Å². The Hall–Kier alpha value is -2.48. The third-order valence-electron chi connectivity index (χ3n) is 5.44. The normalized spacial score (nSPS) is 13.9. The molecule has 0 amide bonds. The molecular weight excluding hydrogens is 412 g/mol. The molecule has 0 aliphatic heterocycles. The van der Waals surface area contributed by atoms with Gasteiger partial charge in [-0.25, -0.2) is 9.59 Å². The summed E-state index contributed by atoms with van der Waals surface area (Å²) >= 11 is 0. The SMILES string of the molecule is CC(C)(C)[Si](C)(C)O[C@H](C(=O)OCc1ccccc1)[C@H](O)C(=O)OCc1ccccc1. The number of aliphatic hydroxyl groups excluding tert-OH is 1. The van der Waals surface area contributed by atoms with Gasteiger partial charge in [-0.2, -0.15) is 0 Å². The van der Waals surface area contributed by atoms with Crippen LogP contribution < -0.4 is 0 Å². The summed E-state index contributed by atoms with van der Waals surface area (Å²) < 4.78 is 16.7. The number of benzene rings is 2.